The molecule has 1 aliphatic rings. The summed E-state index contributed by atoms with van der Waals surface area (Å²) in [7, 11) is 0. The largest absolute Gasteiger partial charge is 0.345 e. The van der Waals surface area contributed by atoms with Crippen LogP contribution in [-0.2, 0) is 0 Å². The topological polar surface area (TPSA) is 17.1 Å². The number of benzene rings is 1. The lowest BCUT2D eigenvalue weighted by atomic mass is 10.0. The second kappa shape index (κ2) is 5.46. The van der Waals surface area contributed by atoms with Gasteiger partial charge in [0.1, 0.15) is 0 Å². The highest BCUT2D eigenvalue weighted by atomic mass is 16.2. The van der Waals surface area contributed by atoms with Crippen molar-refractivity contribution in [3.63, 3.8) is 0 Å². The number of hydrogen-bond donors (Lipinski definition) is 0. The zero-order valence-corrected chi connectivity index (χ0v) is 10.7. The Morgan fingerprint density at radius 3 is 2.35 bits per heavy atom. The molecule has 0 bridgehead atoms. The van der Waals surface area contributed by atoms with Gasteiger partial charge in [-0.3, -0.25) is 4.48 Å². The van der Waals surface area contributed by atoms with E-state index in [0.29, 0.717) is 10.4 Å². The van der Waals surface area contributed by atoms with Crippen LogP contribution in [-0.4, -0.2) is 30.0 Å². The highest BCUT2D eigenvalue weighted by Crippen LogP contribution is 2.23. The Bertz CT molecular complexity index is 360. The molecule has 0 aliphatic carbocycles. The molecule has 0 N–H and O–H groups in total. The van der Waals surface area contributed by atoms with E-state index < -0.39 is 0 Å². The van der Waals surface area contributed by atoms with Crippen LogP contribution in [0.15, 0.2) is 30.3 Å². The molecule has 0 aromatic heterocycles. The molecular weight excluding hydrogens is 210 g/mol. The van der Waals surface area contributed by atoms with E-state index in [4.69, 9.17) is 0 Å². The van der Waals surface area contributed by atoms with Crippen LogP contribution in [0, 0.1) is 0 Å². The van der Waals surface area contributed by atoms with Gasteiger partial charge in [-0.2, -0.15) is 0 Å². The molecule has 1 heterocycles. The number of quaternary nitrogens is 1. The fourth-order valence-electron chi connectivity index (χ4n) is 2.93. The molecule has 1 saturated heterocycles. The van der Waals surface area contributed by atoms with Crippen LogP contribution in [0.1, 0.15) is 43.0 Å². The van der Waals surface area contributed by atoms with Crippen molar-refractivity contribution in [2.45, 2.75) is 32.6 Å². The number of piperidine rings is 1. The first kappa shape index (κ1) is 12.3. The van der Waals surface area contributed by atoms with Gasteiger partial charge in [-0.1, -0.05) is 25.1 Å². The fraction of sp³-hybridized carbons (Fsp3) is 0.533. The zero-order chi connectivity index (χ0) is 12.1. The molecule has 1 aromatic rings. The Morgan fingerprint density at radius 1 is 1.12 bits per heavy atom. The Kier molecular flexibility index (Phi) is 3.95. The van der Waals surface area contributed by atoms with Crippen molar-refractivity contribution in [2.75, 3.05) is 19.6 Å². The molecule has 92 valence electrons. The summed E-state index contributed by atoms with van der Waals surface area (Å²) >= 11 is 0. The van der Waals surface area contributed by atoms with E-state index in [9.17, 15) is 4.79 Å². The summed E-state index contributed by atoms with van der Waals surface area (Å²) in [5.74, 6) is 0.326. The van der Waals surface area contributed by atoms with Crippen LogP contribution in [0.2, 0.25) is 0 Å². The number of carbonyl (C=O) groups excluding carboxylic acids is 1. The summed E-state index contributed by atoms with van der Waals surface area (Å²) in [4.78, 5) is 12.7. The van der Waals surface area contributed by atoms with Crippen molar-refractivity contribution in [2.24, 2.45) is 0 Å². The molecular formula is C15H22NO+. The highest BCUT2D eigenvalue weighted by molar-refractivity contribution is 5.88. The molecule has 1 amide bonds. The smallest absolute Gasteiger partial charge is 0.256 e. The lowest BCUT2D eigenvalue weighted by Crippen LogP contribution is -2.56. The number of rotatable bonds is 3. The summed E-state index contributed by atoms with van der Waals surface area (Å²) in [5, 5.41) is 0. The summed E-state index contributed by atoms with van der Waals surface area (Å²) in [5.41, 5.74) is 0.878. The van der Waals surface area contributed by atoms with Crippen LogP contribution >= 0.6 is 0 Å². The monoisotopic (exact) mass is 232 g/mol. The third-order valence-electron chi connectivity index (χ3n) is 3.78. The van der Waals surface area contributed by atoms with Gasteiger partial charge in [0.15, 0.2) is 0 Å². The molecule has 2 heteroatoms. The Labute approximate surface area is 104 Å². The van der Waals surface area contributed by atoms with Gasteiger partial charge >= 0.3 is 5.91 Å². The van der Waals surface area contributed by atoms with Gasteiger partial charge in [0.2, 0.25) is 0 Å². The Hall–Kier alpha value is -1.15. The Balaban J connectivity index is 2.24. The van der Waals surface area contributed by atoms with Crippen LogP contribution in [0.5, 0.6) is 0 Å². The molecule has 1 aromatic carbocycles. The lowest BCUT2D eigenvalue weighted by Gasteiger charge is -2.38. The van der Waals surface area contributed by atoms with Gasteiger partial charge in [-0.05, 0) is 37.8 Å². The van der Waals surface area contributed by atoms with Crippen LogP contribution < -0.4 is 0 Å². The van der Waals surface area contributed by atoms with Gasteiger partial charge in [-0.25, -0.2) is 4.79 Å². The van der Waals surface area contributed by atoms with Crippen molar-refractivity contribution in [3.8, 4) is 0 Å². The van der Waals surface area contributed by atoms with E-state index >= 15 is 0 Å². The molecule has 0 atom stereocenters. The van der Waals surface area contributed by atoms with Crippen LogP contribution in [0.4, 0.5) is 0 Å². The summed E-state index contributed by atoms with van der Waals surface area (Å²) in [6.07, 6.45) is 4.75. The van der Waals surface area contributed by atoms with Crippen molar-refractivity contribution < 1.29 is 9.28 Å². The van der Waals surface area contributed by atoms with E-state index in [1.165, 1.54) is 19.3 Å². The average molecular weight is 232 g/mol. The number of likely N-dealkylation sites (tertiary alicyclic amines) is 1. The number of hydrogen-bond acceptors (Lipinski definition) is 1. The minimum absolute atomic E-state index is 0.326. The molecule has 0 saturated carbocycles. The minimum Gasteiger partial charge on any atom is -0.256 e. The fourth-order valence-corrected chi connectivity index (χ4v) is 2.93. The molecule has 2 nitrogen and oxygen atoms in total. The van der Waals surface area contributed by atoms with Crippen LogP contribution in [0.25, 0.3) is 0 Å². The summed E-state index contributed by atoms with van der Waals surface area (Å²) < 4.78 is 0.681. The van der Waals surface area contributed by atoms with E-state index in [-0.39, 0.29) is 0 Å². The van der Waals surface area contributed by atoms with Crippen molar-refractivity contribution in [3.05, 3.63) is 35.9 Å². The van der Waals surface area contributed by atoms with Gasteiger partial charge in [0, 0.05) is 0 Å². The van der Waals surface area contributed by atoms with E-state index in [1.54, 1.807) is 0 Å². The molecule has 0 unspecified atom stereocenters. The van der Waals surface area contributed by atoms with E-state index in [2.05, 4.69) is 6.92 Å². The van der Waals surface area contributed by atoms with E-state index in [1.807, 2.05) is 30.3 Å². The van der Waals surface area contributed by atoms with Gasteiger partial charge in [0.05, 0.1) is 25.2 Å². The zero-order valence-electron chi connectivity index (χ0n) is 10.7. The normalized spacial score (nSPS) is 18.9. The van der Waals surface area contributed by atoms with Crippen LogP contribution in [0.3, 0.4) is 0 Å². The number of carbonyl (C=O) groups is 1. The van der Waals surface area contributed by atoms with Crippen molar-refractivity contribution in [1.82, 2.24) is 0 Å². The minimum atomic E-state index is 0.326. The first-order valence-electron chi connectivity index (χ1n) is 6.74. The summed E-state index contributed by atoms with van der Waals surface area (Å²) in [6.45, 7) is 5.23. The number of nitrogens with zero attached hydrogens (tertiary/aromatic N) is 1. The third kappa shape index (κ3) is 2.58. The van der Waals surface area contributed by atoms with Crippen molar-refractivity contribution >= 4 is 5.91 Å². The number of amides is 1. The Morgan fingerprint density at radius 2 is 1.76 bits per heavy atom. The average Bonchev–Trinajstić information content (AvgIpc) is 2.40. The standard InChI is InChI=1S/C15H22NO/c1-2-11-16(12-7-4-8-13-16)15(17)14-9-5-3-6-10-14/h3,5-6,9-10H,2,4,7-8,11-13H2,1H3/q+1. The van der Waals surface area contributed by atoms with Gasteiger partial charge in [-0.15, -0.1) is 0 Å². The molecule has 0 spiro atoms. The first-order valence-corrected chi connectivity index (χ1v) is 6.74. The first-order chi connectivity index (χ1) is 8.28. The second-order valence-corrected chi connectivity index (χ2v) is 5.05. The summed E-state index contributed by atoms with van der Waals surface area (Å²) in [6, 6.07) is 9.79. The highest BCUT2D eigenvalue weighted by Gasteiger charge is 2.37. The predicted molar refractivity (Wildman–Crippen MR) is 69.8 cm³/mol. The second-order valence-electron chi connectivity index (χ2n) is 5.05. The molecule has 0 radical (unpaired) electrons. The molecule has 17 heavy (non-hydrogen) atoms. The molecule has 1 fully saturated rings. The maximum absolute atomic E-state index is 12.7. The van der Waals surface area contributed by atoms with Crippen molar-refractivity contribution in [1.29, 1.82) is 0 Å². The predicted octanol–water partition coefficient (Wildman–Crippen LogP) is 3.24. The molecule has 1 aliphatic heterocycles. The lowest BCUT2D eigenvalue weighted by molar-refractivity contribution is -0.854. The quantitative estimate of drug-likeness (QED) is 0.731. The van der Waals surface area contributed by atoms with E-state index in [0.717, 1.165) is 31.6 Å². The maximum Gasteiger partial charge on any atom is 0.345 e. The maximum atomic E-state index is 12.7. The molecule has 2 rings (SSSR count). The SMILES string of the molecule is CCC[N+]1(C(=O)c2ccccc2)CCCCC1. The third-order valence-corrected chi connectivity index (χ3v) is 3.78. The van der Waals surface area contributed by atoms with Gasteiger partial charge in [0.25, 0.3) is 0 Å². The van der Waals surface area contributed by atoms with Gasteiger partial charge < -0.3 is 0 Å².